The molecule has 2 fully saturated rings. The van der Waals surface area contributed by atoms with Gasteiger partial charge in [-0.1, -0.05) is 29.8 Å². The van der Waals surface area contributed by atoms with E-state index in [1.165, 1.54) is 19.2 Å². The van der Waals surface area contributed by atoms with Gasteiger partial charge in [0.15, 0.2) is 0 Å². The number of ether oxygens (including phenoxy) is 3. The fourth-order valence-electron chi connectivity index (χ4n) is 6.86. The minimum atomic E-state index is -3.33. The lowest BCUT2D eigenvalue weighted by Gasteiger charge is -2.38. The van der Waals surface area contributed by atoms with Crippen molar-refractivity contribution in [3.05, 3.63) is 93.5 Å². The van der Waals surface area contributed by atoms with Gasteiger partial charge < -0.3 is 18.8 Å². The molecule has 0 radical (unpaired) electrons. The van der Waals surface area contributed by atoms with E-state index in [1.54, 1.807) is 24.3 Å². The summed E-state index contributed by atoms with van der Waals surface area (Å²) < 4.78 is 65.9. The van der Waals surface area contributed by atoms with Crippen molar-refractivity contribution in [3.63, 3.8) is 0 Å². The van der Waals surface area contributed by atoms with Crippen LogP contribution in [0.2, 0.25) is 5.02 Å². The molecule has 3 aliphatic rings. The molecule has 0 aliphatic carbocycles. The van der Waals surface area contributed by atoms with Gasteiger partial charge in [0, 0.05) is 17.2 Å². The van der Waals surface area contributed by atoms with Crippen LogP contribution in [0.4, 0.5) is 13.2 Å². The average molecular weight is 640 g/mol. The Morgan fingerprint density at radius 1 is 1.09 bits per heavy atom. The van der Waals surface area contributed by atoms with Crippen LogP contribution in [-0.2, 0) is 28.5 Å². The predicted octanol–water partition coefficient (Wildman–Crippen LogP) is 7.05. The molecule has 7 rings (SSSR count). The summed E-state index contributed by atoms with van der Waals surface area (Å²) in [7, 11) is 1.36. The second-order valence-corrected chi connectivity index (χ2v) is 12.5. The topological polar surface area (TPSA) is 65.8 Å². The Labute approximate surface area is 263 Å². The van der Waals surface area contributed by atoms with Crippen LogP contribution in [0.5, 0.6) is 5.75 Å². The molecular weight excluding hydrogens is 607 g/mol. The van der Waals surface area contributed by atoms with E-state index in [2.05, 4.69) is 9.47 Å². The number of imidazole rings is 1. The van der Waals surface area contributed by atoms with Crippen LogP contribution in [0.15, 0.2) is 54.6 Å². The van der Waals surface area contributed by atoms with Gasteiger partial charge >= 0.3 is 5.97 Å². The number of carbonyl (C=O) groups is 1. The van der Waals surface area contributed by atoms with Gasteiger partial charge in [0.2, 0.25) is 0 Å². The summed E-state index contributed by atoms with van der Waals surface area (Å²) >= 11 is 5.89. The zero-order valence-corrected chi connectivity index (χ0v) is 25.5. The number of hydrogen-bond acceptors (Lipinski definition) is 6. The summed E-state index contributed by atoms with van der Waals surface area (Å²) in [5, 5.41) is 0.155. The molecule has 4 aromatic rings. The normalized spacial score (nSPS) is 21.6. The number of halogens is 4. The number of benzene rings is 3. The zero-order valence-electron chi connectivity index (χ0n) is 24.8. The zero-order chi connectivity index (χ0) is 31.3. The van der Waals surface area contributed by atoms with Gasteiger partial charge in [-0.25, -0.2) is 22.9 Å². The SMILES string of the molecule is COC(=O)c1ccc2nc(CN3CCC(c4cccc5c4C(F)(F)C(c4ccc(Cl)cc4F)CO5)CC3)n(C[C@@H]3CCO3)c2c1. The van der Waals surface area contributed by atoms with Crippen LogP contribution in [0.1, 0.15) is 64.0 Å². The van der Waals surface area contributed by atoms with E-state index < -0.39 is 23.6 Å². The Balaban J connectivity index is 1.11. The third-order valence-electron chi connectivity index (χ3n) is 9.39. The summed E-state index contributed by atoms with van der Waals surface area (Å²) in [5.74, 6) is -5.04. The van der Waals surface area contributed by atoms with Crippen LogP contribution < -0.4 is 4.74 Å². The molecule has 0 saturated carbocycles. The summed E-state index contributed by atoms with van der Waals surface area (Å²) in [6.07, 6.45) is 2.39. The van der Waals surface area contributed by atoms with Gasteiger partial charge in [0.25, 0.3) is 5.92 Å². The largest absolute Gasteiger partial charge is 0.492 e. The van der Waals surface area contributed by atoms with Crippen molar-refractivity contribution in [3.8, 4) is 5.75 Å². The smallest absolute Gasteiger partial charge is 0.337 e. The van der Waals surface area contributed by atoms with Crippen LogP contribution in [-0.4, -0.2) is 59.9 Å². The molecule has 0 amide bonds. The van der Waals surface area contributed by atoms with E-state index in [4.69, 9.17) is 30.8 Å². The molecule has 236 valence electrons. The van der Waals surface area contributed by atoms with Gasteiger partial charge in [-0.2, -0.15) is 0 Å². The first-order valence-electron chi connectivity index (χ1n) is 15.2. The summed E-state index contributed by atoms with van der Waals surface area (Å²) in [6, 6.07) is 14.3. The number of hydrogen-bond donors (Lipinski definition) is 0. The molecule has 11 heteroatoms. The van der Waals surface area contributed by atoms with Gasteiger partial charge in [-0.3, -0.25) is 4.90 Å². The molecule has 7 nitrogen and oxygen atoms in total. The number of fused-ring (bicyclic) bond motifs is 2. The third kappa shape index (κ3) is 5.57. The Hall–Kier alpha value is -3.60. The van der Waals surface area contributed by atoms with E-state index in [0.717, 1.165) is 36.0 Å². The highest BCUT2D eigenvalue weighted by Crippen LogP contribution is 2.53. The van der Waals surface area contributed by atoms with Crippen molar-refractivity contribution in [2.24, 2.45) is 0 Å². The van der Waals surface area contributed by atoms with Crippen LogP contribution >= 0.6 is 11.6 Å². The maximum Gasteiger partial charge on any atom is 0.337 e. The Kier molecular flexibility index (Phi) is 8.00. The first-order chi connectivity index (χ1) is 21.7. The van der Waals surface area contributed by atoms with Crippen molar-refractivity contribution >= 4 is 28.6 Å². The average Bonchev–Trinajstić information content (AvgIpc) is 3.35. The van der Waals surface area contributed by atoms with Crippen LogP contribution in [0.25, 0.3) is 11.0 Å². The standard InChI is InChI=1S/C34H33ClF3N3O4/c1-43-33(42)21-5-8-28-29(15-21)41(17-23-11-14-44-23)31(39-28)18-40-12-9-20(10-13-40)24-3-2-4-30-32(24)34(37,38)26(19-45-30)25-7-6-22(35)16-27(25)36/h2-8,15-16,20,23,26H,9-14,17-19H2,1H3/t23-,26?/m0/s1. The monoisotopic (exact) mass is 639 g/mol. The second kappa shape index (κ2) is 12.0. The van der Waals surface area contributed by atoms with E-state index >= 15 is 8.78 Å². The predicted molar refractivity (Wildman–Crippen MR) is 163 cm³/mol. The van der Waals surface area contributed by atoms with E-state index in [-0.39, 0.29) is 40.5 Å². The maximum absolute atomic E-state index is 16.3. The first-order valence-corrected chi connectivity index (χ1v) is 15.6. The van der Waals surface area contributed by atoms with E-state index in [0.29, 0.717) is 50.1 Å². The van der Waals surface area contributed by atoms with E-state index in [1.807, 2.05) is 12.1 Å². The molecule has 1 unspecified atom stereocenters. The Bertz CT molecular complexity index is 1750. The van der Waals surface area contributed by atoms with Crippen molar-refractivity contribution < 1.29 is 32.2 Å². The fourth-order valence-corrected chi connectivity index (χ4v) is 7.02. The number of piperidine rings is 1. The number of alkyl halides is 2. The number of carbonyl (C=O) groups excluding carboxylic acids is 1. The van der Waals surface area contributed by atoms with Crippen LogP contribution in [0, 0.1) is 5.82 Å². The molecule has 4 heterocycles. The van der Waals surface area contributed by atoms with Crippen molar-refractivity contribution in [2.75, 3.05) is 33.4 Å². The molecule has 45 heavy (non-hydrogen) atoms. The second-order valence-electron chi connectivity index (χ2n) is 12.0. The van der Waals surface area contributed by atoms with Crippen molar-refractivity contribution in [2.45, 2.75) is 56.2 Å². The minimum Gasteiger partial charge on any atom is -0.492 e. The van der Waals surface area contributed by atoms with E-state index in [9.17, 15) is 9.18 Å². The lowest BCUT2D eigenvalue weighted by molar-refractivity contribution is -0.0652. The van der Waals surface area contributed by atoms with Gasteiger partial charge in [0.05, 0.1) is 54.4 Å². The molecule has 0 bridgehead atoms. The van der Waals surface area contributed by atoms with Gasteiger partial charge in [0.1, 0.15) is 24.0 Å². The summed E-state index contributed by atoms with van der Waals surface area (Å²) in [4.78, 5) is 19.4. The highest BCUT2D eigenvalue weighted by molar-refractivity contribution is 6.30. The lowest BCUT2D eigenvalue weighted by atomic mass is 9.79. The molecule has 2 atom stereocenters. The fraction of sp³-hybridized carbons (Fsp3) is 0.412. The maximum atomic E-state index is 16.3. The van der Waals surface area contributed by atoms with Crippen molar-refractivity contribution in [1.29, 1.82) is 0 Å². The third-order valence-corrected chi connectivity index (χ3v) is 9.63. The Morgan fingerprint density at radius 3 is 2.60 bits per heavy atom. The van der Waals surface area contributed by atoms with Crippen molar-refractivity contribution in [1.82, 2.24) is 14.5 Å². The van der Waals surface area contributed by atoms with Crippen LogP contribution in [0.3, 0.4) is 0 Å². The highest BCUT2D eigenvalue weighted by Gasteiger charge is 2.51. The van der Waals surface area contributed by atoms with Gasteiger partial charge in [-0.05, 0) is 80.2 Å². The Morgan fingerprint density at radius 2 is 1.89 bits per heavy atom. The van der Waals surface area contributed by atoms with Gasteiger partial charge in [-0.15, -0.1) is 0 Å². The number of rotatable bonds is 7. The molecule has 0 spiro atoms. The molecule has 2 saturated heterocycles. The minimum absolute atomic E-state index is 0.0898. The lowest BCUT2D eigenvalue weighted by Crippen LogP contribution is -2.38. The molecule has 0 N–H and O–H groups in total. The number of likely N-dealkylation sites (tertiary alicyclic amines) is 1. The number of aromatic nitrogens is 2. The number of methoxy groups -OCH3 is 1. The first kappa shape index (κ1) is 30.1. The molecule has 1 aromatic heterocycles. The quantitative estimate of drug-likeness (QED) is 0.202. The highest BCUT2D eigenvalue weighted by atomic mass is 35.5. The summed E-state index contributed by atoms with van der Waals surface area (Å²) in [5.41, 5.74) is 2.41. The summed E-state index contributed by atoms with van der Waals surface area (Å²) in [6.45, 7) is 2.99. The molecule has 3 aromatic carbocycles. The molecule has 3 aliphatic heterocycles. The number of nitrogens with zero attached hydrogens (tertiary/aromatic N) is 3. The number of esters is 1. The molecular formula is C34H33ClF3N3O4.